The van der Waals surface area contributed by atoms with E-state index >= 15 is 4.39 Å². The Hall–Kier alpha value is -3.56. The average Bonchev–Trinajstić information content (AvgIpc) is 3.65. The molecule has 0 N–H and O–H groups in total. The highest BCUT2D eigenvalue weighted by atomic mass is 35.5. The lowest BCUT2D eigenvalue weighted by Crippen LogP contribution is -2.39. The van der Waals surface area contributed by atoms with Crippen molar-refractivity contribution in [3.05, 3.63) is 70.2 Å². The number of hydrogen-bond acceptors (Lipinski definition) is 9. The molecule has 230 valence electrons. The van der Waals surface area contributed by atoms with Crippen LogP contribution in [-0.2, 0) is 23.6 Å². The Kier molecular flexibility index (Phi) is 8.77. The predicted molar refractivity (Wildman–Crippen MR) is 153 cm³/mol. The van der Waals surface area contributed by atoms with Crippen LogP contribution in [0.1, 0.15) is 36.4 Å². The van der Waals surface area contributed by atoms with E-state index in [2.05, 4.69) is 15.3 Å². The number of alkyl halides is 2. The van der Waals surface area contributed by atoms with Gasteiger partial charge in [-0.3, -0.25) is 4.68 Å². The number of aromatic nitrogens is 4. The summed E-state index contributed by atoms with van der Waals surface area (Å²) in [4.78, 5) is -0.760. The van der Waals surface area contributed by atoms with E-state index < -0.39 is 45.1 Å². The molecule has 2 atom stereocenters. The minimum absolute atomic E-state index is 0.0304. The Morgan fingerprint density at radius 3 is 2.60 bits per heavy atom. The molecule has 2 aromatic carbocycles. The lowest BCUT2D eigenvalue weighted by atomic mass is 9.82. The van der Waals surface area contributed by atoms with E-state index in [1.807, 2.05) is 0 Å². The van der Waals surface area contributed by atoms with Crippen molar-refractivity contribution >= 4 is 38.1 Å². The van der Waals surface area contributed by atoms with Crippen molar-refractivity contribution in [2.75, 3.05) is 18.5 Å². The number of nitrogens with zero attached hydrogens (tertiary/aromatic N) is 5. The topological polar surface area (TPSA) is 109 Å². The zero-order chi connectivity index (χ0) is 30.9. The van der Waals surface area contributed by atoms with Crippen LogP contribution in [0, 0.1) is 5.82 Å². The number of rotatable bonds is 10. The van der Waals surface area contributed by atoms with Crippen molar-refractivity contribution in [2.45, 2.75) is 48.6 Å². The third-order valence-corrected chi connectivity index (χ3v) is 10.1. The third-order valence-electron chi connectivity index (χ3n) is 7.21. The SMILES string of the molecule is COc1ccc(CN(c2nncs2)S(=O)(=O)c2cc(Cl)c(OC3CC(F)(F)CCC3c3ccnn3C)cc2F)c(OC)c1. The summed E-state index contributed by atoms with van der Waals surface area (Å²) in [6.45, 7) is -0.288. The number of anilines is 1. The van der Waals surface area contributed by atoms with Gasteiger partial charge in [0.05, 0.1) is 25.8 Å². The Labute approximate surface area is 255 Å². The van der Waals surface area contributed by atoms with Crippen LogP contribution in [0.15, 0.2) is 53.0 Å². The van der Waals surface area contributed by atoms with Gasteiger partial charge in [-0.2, -0.15) is 5.10 Å². The standard InChI is InChI=1S/C27H27ClF3N5O5S2/c1-35-21(7-9-33-35)18-6-8-27(30,31)13-24(18)41-23-12-20(29)25(11-19(23)28)43(37,38)36(26-34-32-15-42-26)14-16-4-5-17(39-2)10-22(16)40-3/h4-5,7,9-12,15,18,24H,6,8,13-14H2,1-3H3. The molecule has 1 saturated carbocycles. The number of benzene rings is 2. The van der Waals surface area contributed by atoms with Gasteiger partial charge in [-0.1, -0.05) is 22.9 Å². The first-order valence-corrected chi connectivity index (χ1v) is 15.6. The molecule has 5 rings (SSSR count). The van der Waals surface area contributed by atoms with Crippen LogP contribution < -0.4 is 18.5 Å². The molecule has 0 radical (unpaired) electrons. The van der Waals surface area contributed by atoms with Gasteiger partial charge in [-0.05, 0) is 30.7 Å². The first-order valence-electron chi connectivity index (χ1n) is 12.9. The molecular formula is C27H27ClF3N5O5S2. The highest BCUT2D eigenvalue weighted by Gasteiger charge is 2.44. The zero-order valence-electron chi connectivity index (χ0n) is 23.2. The van der Waals surface area contributed by atoms with Crippen LogP contribution in [0.2, 0.25) is 5.02 Å². The first kappa shape index (κ1) is 30.9. The van der Waals surface area contributed by atoms with Gasteiger partial charge in [-0.25, -0.2) is 25.9 Å². The molecule has 4 aromatic rings. The number of aryl methyl sites for hydroxylation is 1. The summed E-state index contributed by atoms with van der Waals surface area (Å²) >= 11 is 7.36. The van der Waals surface area contributed by atoms with Crippen molar-refractivity contribution in [3.8, 4) is 17.2 Å². The van der Waals surface area contributed by atoms with Crippen LogP contribution in [0.5, 0.6) is 17.2 Å². The van der Waals surface area contributed by atoms with E-state index in [1.165, 1.54) is 19.7 Å². The van der Waals surface area contributed by atoms with Crippen molar-refractivity contribution in [1.82, 2.24) is 20.0 Å². The molecule has 0 bridgehead atoms. The Morgan fingerprint density at radius 2 is 1.95 bits per heavy atom. The summed E-state index contributed by atoms with van der Waals surface area (Å²) in [6, 6.07) is 8.23. The molecule has 43 heavy (non-hydrogen) atoms. The van der Waals surface area contributed by atoms with Crippen LogP contribution in [0.3, 0.4) is 0 Å². The number of methoxy groups -OCH3 is 2. The van der Waals surface area contributed by atoms with Crippen LogP contribution in [-0.4, -0.2) is 54.6 Å². The van der Waals surface area contributed by atoms with Crippen LogP contribution >= 0.6 is 22.9 Å². The number of halogens is 4. The highest BCUT2D eigenvalue weighted by molar-refractivity contribution is 7.93. The van der Waals surface area contributed by atoms with E-state index in [-0.39, 0.29) is 35.3 Å². The largest absolute Gasteiger partial charge is 0.497 e. The lowest BCUT2D eigenvalue weighted by Gasteiger charge is -2.36. The smallest absolute Gasteiger partial charge is 0.269 e. The van der Waals surface area contributed by atoms with Gasteiger partial charge in [-0.15, -0.1) is 10.2 Å². The molecular weight excluding hydrogens is 631 g/mol. The maximum atomic E-state index is 15.7. The number of sulfonamides is 1. The molecule has 16 heteroatoms. The van der Waals surface area contributed by atoms with Crippen LogP contribution in [0.4, 0.5) is 18.3 Å². The van der Waals surface area contributed by atoms with E-state index in [0.29, 0.717) is 22.8 Å². The molecule has 1 fully saturated rings. The molecule has 0 saturated heterocycles. The second kappa shape index (κ2) is 12.2. The van der Waals surface area contributed by atoms with Gasteiger partial charge < -0.3 is 14.2 Å². The summed E-state index contributed by atoms with van der Waals surface area (Å²) in [5.41, 5.74) is 2.45. The van der Waals surface area contributed by atoms with Gasteiger partial charge in [0.25, 0.3) is 15.9 Å². The molecule has 10 nitrogen and oxygen atoms in total. The zero-order valence-corrected chi connectivity index (χ0v) is 25.6. The minimum Gasteiger partial charge on any atom is -0.497 e. The predicted octanol–water partition coefficient (Wildman–Crippen LogP) is 5.83. The molecule has 1 aliphatic rings. The normalized spacial score (nSPS) is 18.3. The molecule has 0 aliphatic heterocycles. The van der Waals surface area contributed by atoms with Gasteiger partial charge in [0, 0.05) is 55.4 Å². The molecule has 1 aliphatic carbocycles. The summed E-state index contributed by atoms with van der Waals surface area (Å²) < 4.78 is 91.4. The van der Waals surface area contributed by atoms with Crippen molar-refractivity contribution < 1.29 is 35.8 Å². The third kappa shape index (κ3) is 6.38. The van der Waals surface area contributed by atoms with E-state index in [4.69, 9.17) is 25.8 Å². The highest BCUT2D eigenvalue weighted by Crippen LogP contribution is 2.44. The fourth-order valence-corrected chi connectivity index (χ4v) is 7.57. The van der Waals surface area contributed by atoms with Crippen molar-refractivity contribution in [3.63, 3.8) is 0 Å². The number of hydrogen-bond donors (Lipinski definition) is 0. The fourth-order valence-electron chi connectivity index (χ4n) is 5.05. The van der Waals surface area contributed by atoms with E-state index in [0.717, 1.165) is 27.8 Å². The summed E-state index contributed by atoms with van der Waals surface area (Å²) in [5.74, 6) is -4.09. The summed E-state index contributed by atoms with van der Waals surface area (Å²) in [7, 11) is -0.0420. The van der Waals surface area contributed by atoms with Gasteiger partial charge in [0.1, 0.15) is 39.6 Å². The van der Waals surface area contributed by atoms with Gasteiger partial charge in [0.15, 0.2) is 0 Å². The van der Waals surface area contributed by atoms with Crippen molar-refractivity contribution in [2.24, 2.45) is 7.05 Å². The Balaban J connectivity index is 1.49. The van der Waals surface area contributed by atoms with Gasteiger partial charge in [0.2, 0.25) is 5.13 Å². The molecule has 2 aromatic heterocycles. The number of ether oxygens (including phenoxy) is 3. The quantitative estimate of drug-likeness (QED) is 0.210. The van der Waals surface area contributed by atoms with E-state index in [1.54, 1.807) is 42.2 Å². The monoisotopic (exact) mass is 657 g/mol. The Bertz CT molecular complexity index is 1700. The average molecular weight is 658 g/mol. The fraction of sp³-hybridized carbons (Fsp3) is 0.370. The first-order chi connectivity index (χ1) is 20.4. The summed E-state index contributed by atoms with van der Waals surface area (Å²) in [6.07, 6.45) is -0.386. The van der Waals surface area contributed by atoms with Crippen LogP contribution in [0.25, 0.3) is 0 Å². The second-order valence-electron chi connectivity index (χ2n) is 9.87. The maximum absolute atomic E-state index is 15.7. The van der Waals surface area contributed by atoms with E-state index in [9.17, 15) is 17.2 Å². The summed E-state index contributed by atoms with van der Waals surface area (Å²) in [5, 5.41) is 11.4. The molecule has 2 heterocycles. The van der Waals surface area contributed by atoms with Gasteiger partial charge >= 0.3 is 0 Å². The molecule has 0 amide bonds. The maximum Gasteiger partial charge on any atom is 0.269 e. The minimum atomic E-state index is -4.63. The molecule has 0 spiro atoms. The Morgan fingerprint density at radius 1 is 1.16 bits per heavy atom. The van der Waals surface area contributed by atoms with Crippen molar-refractivity contribution in [1.29, 1.82) is 0 Å². The molecule has 2 unspecified atom stereocenters. The lowest BCUT2D eigenvalue weighted by molar-refractivity contribution is -0.0780. The second-order valence-corrected chi connectivity index (χ2v) is 12.9.